The molecule has 0 aliphatic carbocycles. The summed E-state index contributed by atoms with van der Waals surface area (Å²) < 4.78 is 6.74. The van der Waals surface area contributed by atoms with Gasteiger partial charge in [-0.05, 0) is 37.6 Å². The topological polar surface area (TPSA) is 55.1 Å². The maximum Gasteiger partial charge on any atom is 0.287 e. The van der Waals surface area contributed by atoms with Crippen LogP contribution < -0.4 is 5.32 Å². The van der Waals surface area contributed by atoms with Crippen molar-refractivity contribution in [3.63, 3.8) is 0 Å². The average molecular weight is 312 g/mol. The van der Waals surface area contributed by atoms with Crippen molar-refractivity contribution in [1.29, 1.82) is 0 Å². The van der Waals surface area contributed by atoms with Crippen molar-refractivity contribution in [2.45, 2.75) is 13.3 Å². The van der Waals surface area contributed by atoms with Crippen LogP contribution in [0.5, 0.6) is 0 Å². The van der Waals surface area contributed by atoms with Crippen LogP contribution in [-0.4, -0.2) is 17.4 Å². The second-order valence-electron chi connectivity index (χ2n) is 4.76. The normalized spacial score (nSPS) is 11.3. The summed E-state index contributed by atoms with van der Waals surface area (Å²) in [4.78, 5) is 16.5. The number of hydrogen-bond donors (Lipinski definition) is 1. The number of rotatable bonds is 5. The summed E-state index contributed by atoms with van der Waals surface area (Å²) in [7, 11) is 0. The second kappa shape index (κ2) is 6.58. The van der Waals surface area contributed by atoms with Gasteiger partial charge in [-0.3, -0.25) is 4.79 Å². The molecule has 0 aliphatic rings. The fraction of sp³-hybridized carbons (Fsp3) is 0.176. The molecule has 4 nitrogen and oxygen atoms in total. The van der Waals surface area contributed by atoms with Crippen molar-refractivity contribution in [1.82, 2.24) is 10.3 Å². The third-order valence-corrected chi connectivity index (χ3v) is 4.22. The number of nitrogens with zero attached hydrogens (tertiary/aromatic N) is 1. The summed E-state index contributed by atoms with van der Waals surface area (Å²) in [5.41, 5.74) is 0.941. The molecule has 0 aliphatic heterocycles. The van der Waals surface area contributed by atoms with Crippen molar-refractivity contribution >= 4 is 27.5 Å². The lowest BCUT2D eigenvalue weighted by molar-refractivity contribution is 0.0927. The number of hydrogen-bond acceptors (Lipinski definition) is 4. The van der Waals surface area contributed by atoms with Gasteiger partial charge in [-0.15, -0.1) is 11.3 Å². The number of fused-ring (bicyclic) bond motifs is 1. The van der Waals surface area contributed by atoms with Gasteiger partial charge in [0.2, 0.25) is 0 Å². The van der Waals surface area contributed by atoms with Gasteiger partial charge in [0.1, 0.15) is 0 Å². The number of para-hydroxylation sites is 1. The van der Waals surface area contributed by atoms with E-state index in [0.29, 0.717) is 18.1 Å². The van der Waals surface area contributed by atoms with Crippen LogP contribution in [0, 0.1) is 0 Å². The van der Waals surface area contributed by atoms with Crippen LogP contribution >= 0.6 is 11.3 Å². The fourth-order valence-electron chi connectivity index (χ4n) is 2.08. The lowest BCUT2D eigenvalue weighted by Crippen LogP contribution is -2.23. The molecule has 1 N–H and O–H groups in total. The zero-order chi connectivity index (χ0) is 15.4. The fourth-order valence-corrected chi connectivity index (χ4v) is 3.00. The Balaban J connectivity index is 1.74. The van der Waals surface area contributed by atoms with E-state index in [0.717, 1.165) is 21.6 Å². The summed E-state index contributed by atoms with van der Waals surface area (Å²) in [5.74, 6) is 0.742. The molecule has 3 rings (SSSR count). The Kier molecular flexibility index (Phi) is 4.34. The number of nitrogens with one attached hydrogen (secondary N) is 1. The highest BCUT2D eigenvalue weighted by atomic mass is 32.1. The number of carbonyl (C=O) groups excluding carboxylic acids is 1. The Morgan fingerprint density at radius 3 is 3.00 bits per heavy atom. The van der Waals surface area contributed by atoms with Crippen LogP contribution in [0.2, 0.25) is 0 Å². The minimum Gasteiger partial charge on any atom is -0.448 e. The Hall–Kier alpha value is -2.40. The number of thiazole rings is 1. The molecular formula is C17H16N2O2S. The molecule has 0 spiro atoms. The zero-order valence-electron chi connectivity index (χ0n) is 12.2. The first-order chi connectivity index (χ1) is 10.8. The van der Waals surface area contributed by atoms with Crippen LogP contribution in [0.1, 0.15) is 23.9 Å². The van der Waals surface area contributed by atoms with Gasteiger partial charge in [-0.25, -0.2) is 4.98 Å². The van der Waals surface area contributed by atoms with Crippen molar-refractivity contribution < 1.29 is 9.21 Å². The molecule has 0 saturated carbocycles. The average Bonchev–Trinajstić information content (AvgIpc) is 3.17. The first-order valence-corrected chi connectivity index (χ1v) is 7.94. The SMILES string of the molecule is C/C=C/CCNC(=O)c1ccc(-c2nc3ccccc3s2)o1. The minimum atomic E-state index is -0.197. The van der Waals surface area contributed by atoms with Crippen LogP contribution in [0.25, 0.3) is 21.0 Å². The monoisotopic (exact) mass is 312 g/mol. The summed E-state index contributed by atoms with van der Waals surface area (Å²) in [5, 5.41) is 3.61. The highest BCUT2D eigenvalue weighted by molar-refractivity contribution is 7.21. The Morgan fingerprint density at radius 1 is 1.32 bits per heavy atom. The predicted octanol–water partition coefficient (Wildman–Crippen LogP) is 4.25. The van der Waals surface area contributed by atoms with E-state index in [1.807, 2.05) is 43.3 Å². The number of furan rings is 1. The lowest BCUT2D eigenvalue weighted by Gasteiger charge is -1.99. The van der Waals surface area contributed by atoms with E-state index in [9.17, 15) is 4.79 Å². The van der Waals surface area contributed by atoms with Gasteiger partial charge in [-0.1, -0.05) is 24.3 Å². The Morgan fingerprint density at radius 2 is 2.18 bits per heavy atom. The number of aromatic nitrogens is 1. The zero-order valence-corrected chi connectivity index (χ0v) is 13.0. The van der Waals surface area contributed by atoms with E-state index in [1.54, 1.807) is 23.5 Å². The largest absolute Gasteiger partial charge is 0.448 e. The molecule has 0 unspecified atom stereocenters. The quantitative estimate of drug-likeness (QED) is 0.566. The molecule has 0 atom stereocenters. The smallest absolute Gasteiger partial charge is 0.287 e. The van der Waals surface area contributed by atoms with Crippen molar-refractivity contribution in [2.75, 3.05) is 6.54 Å². The van der Waals surface area contributed by atoms with Crippen molar-refractivity contribution in [3.8, 4) is 10.8 Å². The second-order valence-corrected chi connectivity index (χ2v) is 5.79. The first-order valence-electron chi connectivity index (χ1n) is 7.13. The Labute approximate surface area is 132 Å². The van der Waals surface area contributed by atoms with E-state index in [-0.39, 0.29) is 5.91 Å². The molecule has 1 amide bonds. The van der Waals surface area contributed by atoms with Crippen LogP contribution in [-0.2, 0) is 0 Å². The third kappa shape index (κ3) is 3.09. The molecule has 112 valence electrons. The predicted molar refractivity (Wildman–Crippen MR) is 89.1 cm³/mol. The van der Waals surface area contributed by atoms with Gasteiger partial charge < -0.3 is 9.73 Å². The van der Waals surface area contributed by atoms with Crippen LogP contribution in [0.3, 0.4) is 0 Å². The maximum absolute atomic E-state index is 12.0. The molecule has 0 radical (unpaired) electrons. The van der Waals surface area contributed by atoms with Gasteiger partial charge in [0, 0.05) is 6.54 Å². The summed E-state index contributed by atoms with van der Waals surface area (Å²) in [6.07, 6.45) is 4.78. The molecule has 0 bridgehead atoms. The van der Waals surface area contributed by atoms with Crippen molar-refractivity contribution in [2.24, 2.45) is 0 Å². The van der Waals surface area contributed by atoms with E-state index in [1.165, 1.54) is 0 Å². The molecule has 5 heteroatoms. The first kappa shape index (κ1) is 14.5. The summed E-state index contributed by atoms with van der Waals surface area (Å²) in [6.45, 7) is 2.55. The van der Waals surface area contributed by atoms with E-state index in [4.69, 9.17) is 4.42 Å². The van der Waals surface area contributed by atoms with E-state index < -0.39 is 0 Å². The molecule has 3 aromatic rings. The highest BCUT2D eigenvalue weighted by Crippen LogP contribution is 2.30. The minimum absolute atomic E-state index is 0.197. The molecule has 1 aromatic carbocycles. The Bertz CT molecular complexity index is 784. The van der Waals surface area contributed by atoms with E-state index >= 15 is 0 Å². The summed E-state index contributed by atoms with van der Waals surface area (Å²) in [6, 6.07) is 11.4. The van der Waals surface area contributed by atoms with Gasteiger partial charge in [0.15, 0.2) is 16.5 Å². The van der Waals surface area contributed by atoms with Crippen LogP contribution in [0.15, 0.2) is 53.0 Å². The number of allylic oxidation sites excluding steroid dienone is 1. The van der Waals surface area contributed by atoms with Crippen molar-refractivity contribution in [3.05, 3.63) is 54.3 Å². The summed E-state index contributed by atoms with van der Waals surface area (Å²) >= 11 is 1.55. The standard InChI is InChI=1S/C17H16N2O2S/c1-2-3-6-11-18-16(20)13-9-10-14(21-13)17-19-12-7-4-5-8-15(12)22-17/h2-5,7-10H,6,11H2,1H3,(H,18,20)/b3-2+. The van der Waals surface area contributed by atoms with Gasteiger partial charge >= 0.3 is 0 Å². The third-order valence-electron chi connectivity index (χ3n) is 3.17. The number of carbonyl (C=O) groups is 1. The number of amides is 1. The molecule has 2 heterocycles. The lowest BCUT2D eigenvalue weighted by atomic mass is 10.3. The molecular weight excluding hydrogens is 296 g/mol. The van der Waals surface area contributed by atoms with Crippen LogP contribution in [0.4, 0.5) is 0 Å². The maximum atomic E-state index is 12.0. The van der Waals surface area contributed by atoms with Gasteiger partial charge in [0.05, 0.1) is 10.2 Å². The molecule has 0 fully saturated rings. The molecule has 0 saturated heterocycles. The van der Waals surface area contributed by atoms with Gasteiger partial charge in [-0.2, -0.15) is 0 Å². The molecule has 2 aromatic heterocycles. The van der Waals surface area contributed by atoms with Gasteiger partial charge in [0.25, 0.3) is 5.91 Å². The highest BCUT2D eigenvalue weighted by Gasteiger charge is 2.14. The molecule has 22 heavy (non-hydrogen) atoms. The van der Waals surface area contributed by atoms with E-state index in [2.05, 4.69) is 10.3 Å². The number of benzene rings is 1.